The van der Waals surface area contributed by atoms with E-state index < -0.39 is 10.0 Å². The first kappa shape index (κ1) is 14.3. The van der Waals surface area contributed by atoms with Crippen LogP contribution in [0, 0.1) is 0 Å². The molecule has 1 N–H and O–H groups in total. The standard InChI is InChI=1S/C11H13BrClNO3S/c12-10-7-9(5-6-11(10)13)18(15,16)14-17-8-3-1-2-4-8/h5-8,14H,1-4H2. The van der Waals surface area contributed by atoms with E-state index in [1.165, 1.54) is 18.2 Å². The van der Waals surface area contributed by atoms with Crippen LogP contribution in [0.15, 0.2) is 27.6 Å². The average molecular weight is 355 g/mol. The highest BCUT2D eigenvalue weighted by Crippen LogP contribution is 2.26. The van der Waals surface area contributed by atoms with Crippen molar-refractivity contribution in [1.29, 1.82) is 0 Å². The van der Waals surface area contributed by atoms with Crippen molar-refractivity contribution >= 4 is 37.6 Å². The van der Waals surface area contributed by atoms with E-state index in [1.54, 1.807) is 0 Å². The van der Waals surface area contributed by atoms with Crippen molar-refractivity contribution in [2.75, 3.05) is 0 Å². The van der Waals surface area contributed by atoms with E-state index in [4.69, 9.17) is 16.4 Å². The Bertz CT molecular complexity index is 529. The van der Waals surface area contributed by atoms with E-state index in [2.05, 4.69) is 20.8 Å². The van der Waals surface area contributed by atoms with Crippen LogP contribution in [-0.4, -0.2) is 14.5 Å². The van der Waals surface area contributed by atoms with Crippen LogP contribution < -0.4 is 4.89 Å². The van der Waals surface area contributed by atoms with E-state index in [0.717, 1.165) is 25.7 Å². The molecule has 7 heteroatoms. The molecule has 0 saturated heterocycles. The molecule has 100 valence electrons. The van der Waals surface area contributed by atoms with Crippen molar-refractivity contribution in [2.45, 2.75) is 36.7 Å². The third-order valence-corrected chi connectivity index (χ3v) is 5.23. The summed E-state index contributed by atoms with van der Waals surface area (Å²) < 4.78 is 24.4. The Balaban J connectivity index is 2.07. The number of sulfonamides is 1. The predicted octanol–water partition coefficient (Wildman–Crippen LogP) is 3.26. The van der Waals surface area contributed by atoms with Gasteiger partial charge in [-0.1, -0.05) is 29.3 Å². The first-order valence-electron chi connectivity index (χ1n) is 5.61. The summed E-state index contributed by atoms with van der Waals surface area (Å²) in [4.78, 5) is 7.50. The lowest BCUT2D eigenvalue weighted by Gasteiger charge is -2.12. The van der Waals surface area contributed by atoms with Gasteiger partial charge in [0, 0.05) is 4.47 Å². The molecule has 1 fully saturated rings. The van der Waals surface area contributed by atoms with Gasteiger partial charge in [-0.2, -0.15) is 0 Å². The molecule has 0 aliphatic heterocycles. The zero-order valence-electron chi connectivity index (χ0n) is 9.53. The molecule has 0 amide bonds. The second-order valence-electron chi connectivity index (χ2n) is 4.19. The Labute approximate surface area is 120 Å². The van der Waals surface area contributed by atoms with Crippen LogP contribution in [0.3, 0.4) is 0 Å². The van der Waals surface area contributed by atoms with E-state index >= 15 is 0 Å². The van der Waals surface area contributed by atoms with Gasteiger partial charge in [0.25, 0.3) is 10.0 Å². The van der Waals surface area contributed by atoms with Crippen molar-refractivity contribution in [3.63, 3.8) is 0 Å². The van der Waals surface area contributed by atoms with Crippen LogP contribution in [-0.2, 0) is 14.9 Å². The first-order valence-corrected chi connectivity index (χ1v) is 8.27. The van der Waals surface area contributed by atoms with Crippen molar-refractivity contribution in [1.82, 2.24) is 4.89 Å². The van der Waals surface area contributed by atoms with Gasteiger partial charge in [-0.25, -0.2) is 8.42 Å². The van der Waals surface area contributed by atoms with E-state index in [1.807, 2.05) is 0 Å². The fourth-order valence-corrected chi connectivity index (χ4v) is 3.36. The largest absolute Gasteiger partial charge is 0.284 e. The molecule has 0 unspecified atom stereocenters. The summed E-state index contributed by atoms with van der Waals surface area (Å²) in [6.07, 6.45) is 3.94. The fourth-order valence-electron chi connectivity index (χ4n) is 1.83. The molecule has 1 aromatic rings. The number of nitrogens with one attached hydrogen (secondary N) is 1. The molecule has 0 bridgehead atoms. The fraction of sp³-hybridized carbons (Fsp3) is 0.455. The quantitative estimate of drug-likeness (QED) is 0.844. The Morgan fingerprint density at radius 1 is 1.33 bits per heavy atom. The van der Waals surface area contributed by atoms with Gasteiger partial charge >= 0.3 is 0 Å². The zero-order valence-corrected chi connectivity index (χ0v) is 12.7. The van der Waals surface area contributed by atoms with Crippen molar-refractivity contribution in [3.05, 3.63) is 27.7 Å². The summed E-state index contributed by atoms with van der Waals surface area (Å²) in [6.45, 7) is 0. The normalized spacial score (nSPS) is 17.2. The number of halogens is 2. The Hall–Kier alpha value is -0.140. The van der Waals surface area contributed by atoms with Crippen molar-refractivity contribution < 1.29 is 13.3 Å². The maximum Gasteiger partial charge on any atom is 0.262 e. The van der Waals surface area contributed by atoms with Crippen LogP contribution in [0.1, 0.15) is 25.7 Å². The van der Waals surface area contributed by atoms with Crippen LogP contribution >= 0.6 is 27.5 Å². The van der Waals surface area contributed by atoms with Gasteiger partial charge in [0.05, 0.1) is 16.0 Å². The number of benzene rings is 1. The van der Waals surface area contributed by atoms with Gasteiger partial charge in [0.2, 0.25) is 0 Å². The topological polar surface area (TPSA) is 55.4 Å². The predicted molar refractivity (Wildman–Crippen MR) is 72.8 cm³/mol. The van der Waals surface area contributed by atoms with Gasteiger partial charge < -0.3 is 0 Å². The van der Waals surface area contributed by atoms with Gasteiger partial charge in [-0.05, 0) is 47.0 Å². The van der Waals surface area contributed by atoms with Crippen molar-refractivity contribution in [2.24, 2.45) is 0 Å². The average Bonchev–Trinajstić information content (AvgIpc) is 2.83. The maximum absolute atomic E-state index is 12.0. The lowest BCUT2D eigenvalue weighted by atomic mass is 10.3. The SMILES string of the molecule is O=S(=O)(NOC1CCCC1)c1ccc(Cl)c(Br)c1. The molecule has 0 radical (unpaired) electrons. The lowest BCUT2D eigenvalue weighted by molar-refractivity contribution is 0.0223. The number of rotatable bonds is 4. The summed E-state index contributed by atoms with van der Waals surface area (Å²) in [5.74, 6) is 0. The molecule has 2 rings (SSSR count). The maximum atomic E-state index is 12.0. The lowest BCUT2D eigenvalue weighted by Crippen LogP contribution is -2.28. The van der Waals surface area contributed by atoms with Crippen LogP contribution in [0.4, 0.5) is 0 Å². The van der Waals surface area contributed by atoms with Crippen LogP contribution in [0.25, 0.3) is 0 Å². The zero-order chi connectivity index (χ0) is 13.2. The van der Waals surface area contributed by atoms with E-state index in [-0.39, 0.29) is 11.0 Å². The highest BCUT2D eigenvalue weighted by Gasteiger charge is 2.21. The highest BCUT2D eigenvalue weighted by molar-refractivity contribution is 9.10. The molecule has 4 nitrogen and oxygen atoms in total. The second kappa shape index (κ2) is 5.88. The van der Waals surface area contributed by atoms with E-state index in [0.29, 0.717) is 9.50 Å². The molecular formula is C11H13BrClNO3S. The Morgan fingerprint density at radius 3 is 2.61 bits per heavy atom. The first-order chi connectivity index (χ1) is 8.49. The number of hydrogen-bond acceptors (Lipinski definition) is 3. The summed E-state index contributed by atoms with van der Waals surface area (Å²) in [5.41, 5.74) is 0. The molecule has 18 heavy (non-hydrogen) atoms. The van der Waals surface area contributed by atoms with Gasteiger partial charge in [-0.15, -0.1) is 0 Å². The minimum absolute atomic E-state index is 0.0180. The summed E-state index contributed by atoms with van der Waals surface area (Å²) in [5, 5.41) is 0.464. The minimum Gasteiger partial charge on any atom is -0.284 e. The molecule has 0 aromatic heterocycles. The highest BCUT2D eigenvalue weighted by atomic mass is 79.9. The molecule has 0 heterocycles. The second-order valence-corrected chi connectivity index (χ2v) is 7.09. The summed E-state index contributed by atoms with van der Waals surface area (Å²) in [7, 11) is -3.65. The molecule has 1 saturated carbocycles. The molecule has 0 atom stereocenters. The molecule has 0 spiro atoms. The van der Waals surface area contributed by atoms with Crippen LogP contribution in [0.2, 0.25) is 5.02 Å². The third kappa shape index (κ3) is 3.45. The molecular weight excluding hydrogens is 342 g/mol. The van der Waals surface area contributed by atoms with Crippen molar-refractivity contribution in [3.8, 4) is 0 Å². The van der Waals surface area contributed by atoms with E-state index in [9.17, 15) is 8.42 Å². The molecule has 1 aliphatic carbocycles. The molecule has 1 aromatic carbocycles. The smallest absolute Gasteiger partial charge is 0.262 e. The minimum atomic E-state index is -3.65. The third-order valence-electron chi connectivity index (χ3n) is 2.83. The van der Waals surface area contributed by atoms with Gasteiger partial charge in [-0.3, -0.25) is 4.84 Å². The molecule has 1 aliphatic rings. The Kier molecular flexibility index (Phi) is 4.66. The summed E-state index contributed by atoms with van der Waals surface area (Å²) >= 11 is 9.01. The van der Waals surface area contributed by atoms with Gasteiger partial charge in [0.15, 0.2) is 0 Å². The summed E-state index contributed by atoms with van der Waals surface area (Å²) in [6, 6.07) is 4.41. The Morgan fingerprint density at radius 2 is 2.00 bits per heavy atom. The monoisotopic (exact) mass is 353 g/mol. The number of hydrogen-bond donors (Lipinski definition) is 1. The van der Waals surface area contributed by atoms with Crippen LogP contribution in [0.5, 0.6) is 0 Å². The van der Waals surface area contributed by atoms with Gasteiger partial charge in [0.1, 0.15) is 0 Å².